The summed E-state index contributed by atoms with van der Waals surface area (Å²) in [6, 6.07) is 15.2. The van der Waals surface area contributed by atoms with Crippen LogP contribution in [0.3, 0.4) is 0 Å². The first-order chi connectivity index (χ1) is 12.2. The van der Waals surface area contributed by atoms with Crippen molar-refractivity contribution in [2.24, 2.45) is 0 Å². The Balaban J connectivity index is 1.62. The molecule has 0 aliphatic heterocycles. The summed E-state index contributed by atoms with van der Waals surface area (Å²) in [7, 11) is 1.63. The van der Waals surface area contributed by atoms with E-state index in [-0.39, 0.29) is 5.91 Å². The van der Waals surface area contributed by atoms with Crippen molar-refractivity contribution in [2.45, 2.75) is 12.8 Å². The maximum absolute atomic E-state index is 12.1. The Kier molecular flexibility index (Phi) is 5.68. The minimum absolute atomic E-state index is 0.0686. The Morgan fingerprint density at radius 2 is 2.08 bits per heavy atom. The lowest BCUT2D eigenvalue weighted by atomic mass is 10.1. The molecule has 1 aromatic heterocycles. The van der Waals surface area contributed by atoms with Gasteiger partial charge in [0, 0.05) is 22.4 Å². The van der Waals surface area contributed by atoms with Crippen molar-refractivity contribution in [3.63, 3.8) is 0 Å². The quantitative estimate of drug-likeness (QED) is 0.659. The normalized spacial score (nSPS) is 10.5. The van der Waals surface area contributed by atoms with Gasteiger partial charge in [0.05, 0.1) is 12.8 Å². The topological polar surface area (TPSA) is 51.2 Å². The van der Waals surface area contributed by atoms with E-state index in [0.717, 1.165) is 22.6 Å². The summed E-state index contributed by atoms with van der Waals surface area (Å²) in [5.74, 6) is 0.688. The van der Waals surface area contributed by atoms with Crippen LogP contribution in [0.15, 0.2) is 53.9 Å². The fraction of sp³-hybridized carbons (Fsp3) is 0.158. The van der Waals surface area contributed by atoms with Gasteiger partial charge in [-0.3, -0.25) is 4.79 Å². The zero-order chi connectivity index (χ0) is 17.6. The van der Waals surface area contributed by atoms with Gasteiger partial charge in [0.1, 0.15) is 5.75 Å². The Hall–Kier alpha value is -2.37. The highest BCUT2D eigenvalue weighted by molar-refractivity contribution is 7.14. The molecule has 3 rings (SSSR count). The second-order valence-corrected chi connectivity index (χ2v) is 6.71. The number of carbonyl (C=O) groups excluding carboxylic acids is 1. The number of benzene rings is 2. The van der Waals surface area contributed by atoms with Crippen LogP contribution in [-0.2, 0) is 11.2 Å². The van der Waals surface area contributed by atoms with Crippen molar-refractivity contribution in [2.75, 3.05) is 12.4 Å². The number of thiazole rings is 1. The first-order valence-electron chi connectivity index (χ1n) is 7.79. The standard InChI is InChI=1S/C19H17ClN2O2S/c1-24-17-8-3-2-7-15(17)16-12-25-19(21-16)22-18(23)10-9-13-5-4-6-14(20)11-13/h2-8,11-12H,9-10H2,1H3,(H,21,22,23). The predicted molar refractivity (Wildman–Crippen MR) is 103 cm³/mol. The van der Waals surface area contributed by atoms with Crippen molar-refractivity contribution in [1.29, 1.82) is 0 Å². The van der Waals surface area contributed by atoms with Crippen molar-refractivity contribution >= 4 is 34.0 Å². The molecule has 3 aromatic rings. The molecular weight excluding hydrogens is 356 g/mol. The summed E-state index contributed by atoms with van der Waals surface area (Å²) in [4.78, 5) is 16.6. The van der Waals surface area contributed by atoms with E-state index in [2.05, 4.69) is 10.3 Å². The number of carbonyl (C=O) groups is 1. The maximum Gasteiger partial charge on any atom is 0.226 e. The molecule has 0 saturated carbocycles. The highest BCUT2D eigenvalue weighted by Crippen LogP contribution is 2.31. The smallest absolute Gasteiger partial charge is 0.226 e. The summed E-state index contributed by atoms with van der Waals surface area (Å²) in [5.41, 5.74) is 2.73. The molecule has 4 nitrogen and oxygen atoms in total. The van der Waals surface area contributed by atoms with Gasteiger partial charge >= 0.3 is 0 Å². The fourth-order valence-corrected chi connectivity index (χ4v) is 3.38. The lowest BCUT2D eigenvalue weighted by Crippen LogP contribution is -2.12. The number of hydrogen-bond donors (Lipinski definition) is 1. The zero-order valence-electron chi connectivity index (χ0n) is 13.7. The van der Waals surface area contributed by atoms with E-state index in [1.54, 1.807) is 7.11 Å². The minimum atomic E-state index is -0.0686. The van der Waals surface area contributed by atoms with E-state index in [0.29, 0.717) is 23.0 Å². The van der Waals surface area contributed by atoms with Crippen molar-refractivity contribution < 1.29 is 9.53 Å². The molecule has 0 saturated heterocycles. The average Bonchev–Trinajstić information content (AvgIpc) is 3.08. The van der Waals surface area contributed by atoms with Gasteiger partial charge in [-0.05, 0) is 36.2 Å². The Bertz CT molecular complexity index is 879. The van der Waals surface area contributed by atoms with Crippen LogP contribution < -0.4 is 10.1 Å². The first-order valence-corrected chi connectivity index (χ1v) is 9.04. The fourth-order valence-electron chi connectivity index (χ4n) is 2.44. The number of para-hydroxylation sites is 1. The average molecular weight is 373 g/mol. The highest BCUT2D eigenvalue weighted by Gasteiger charge is 2.11. The van der Waals surface area contributed by atoms with Gasteiger partial charge in [-0.1, -0.05) is 35.9 Å². The Labute approximate surface area is 155 Å². The third-order valence-electron chi connectivity index (χ3n) is 3.66. The van der Waals surface area contributed by atoms with Crippen LogP contribution in [0.4, 0.5) is 5.13 Å². The number of rotatable bonds is 6. The van der Waals surface area contributed by atoms with Gasteiger partial charge < -0.3 is 10.1 Å². The number of nitrogens with zero attached hydrogens (tertiary/aromatic N) is 1. The van der Waals surface area contributed by atoms with Crippen LogP contribution >= 0.6 is 22.9 Å². The first kappa shape index (κ1) is 17.5. The third-order valence-corrected chi connectivity index (χ3v) is 4.66. The molecule has 0 atom stereocenters. The minimum Gasteiger partial charge on any atom is -0.496 e. The molecule has 0 spiro atoms. The van der Waals surface area contributed by atoms with E-state index in [1.807, 2.05) is 53.9 Å². The largest absolute Gasteiger partial charge is 0.496 e. The van der Waals surface area contributed by atoms with Crippen molar-refractivity contribution in [3.8, 4) is 17.0 Å². The monoisotopic (exact) mass is 372 g/mol. The van der Waals surface area contributed by atoms with Crippen LogP contribution in [0.2, 0.25) is 5.02 Å². The molecule has 0 aliphatic carbocycles. The molecule has 0 radical (unpaired) electrons. The number of hydrogen-bond acceptors (Lipinski definition) is 4. The highest BCUT2D eigenvalue weighted by atomic mass is 35.5. The number of aryl methyl sites for hydroxylation is 1. The molecule has 1 amide bonds. The van der Waals surface area contributed by atoms with Crippen molar-refractivity contribution in [3.05, 3.63) is 64.5 Å². The summed E-state index contributed by atoms with van der Waals surface area (Å²) >= 11 is 7.35. The van der Waals surface area contributed by atoms with E-state index >= 15 is 0 Å². The van der Waals surface area contributed by atoms with Gasteiger partial charge in [-0.2, -0.15) is 0 Å². The molecule has 0 fully saturated rings. The molecule has 0 bridgehead atoms. The number of nitrogens with one attached hydrogen (secondary N) is 1. The summed E-state index contributed by atoms with van der Waals surface area (Å²) in [5, 5.41) is 6.02. The van der Waals surface area contributed by atoms with Crippen LogP contribution in [0, 0.1) is 0 Å². The summed E-state index contributed by atoms with van der Waals surface area (Å²) in [6.07, 6.45) is 1.01. The van der Waals surface area contributed by atoms with Gasteiger partial charge in [0.25, 0.3) is 0 Å². The van der Waals surface area contributed by atoms with Gasteiger partial charge in [0.15, 0.2) is 5.13 Å². The van der Waals surface area contributed by atoms with E-state index in [4.69, 9.17) is 16.3 Å². The third kappa shape index (κ3) is 4.59. The Morgan fingerprint density at radius 3 is 2.88 bits per heavy atom. The second kappa shape index (κ2) is 8.14. The molecule has 128 valence electrons. The predicted octanol–water partition coefficient (Wildman–Crippen LogP) is 5.04. The molecule has 2 aromatic carbocycles. The lowest BCUT2D eigenvalue weighted by molar-refractivity contribution is -0.116. The summed E-state index contributed by atoms with van der Waals surface area (Å²) in [6.45, 7) is 0. The van der Waals surface area contributed by atoms with Crippen LogP contribution in [0.5, 0.6) is 5.75 Å². The molecule has 6 heteroatoms. The number of ether oxygens (including phenoxy) is 1. The van der Waals surface area contributed by atoms with E-state index in [9.17, 15) is 4.79 Å². The van der Waals surface area contributed by atoms with Crippen LogP contribution in [-0.4, -0.2) is 18.0 Å². The van der Waals surface area contributed by atoms with E-state index in [1.165, 1.54) is 11.3 Å². The number of methoxy groups -OCH3 is 1. The number of halogens is 1. The van der Waals surface area contributed by atoms with Crippen LogP contribution in [0.25, 0.3) is 11.3 Å². The molecule has 0 aliphatic rings. The Morgan fingerprint density at radius 1 is 1.24 bits per heavy atom. The SMILES string of the molecule is COc1ccccc1-c1csc(NC(=O)CCc2cccc(Cl)c2)n1. The molecule has 25 heavy (non-hydrogen) atoms. The lowest BCUT2D eigenvalue weighted by Gasteiger charge is -2.05. The van der Waals surface area contributed by atoms with Gasteiger partial charge in [-0.25, -0.2) is 4.98 Å². The van der Waals surface area contributed by atoms with Crippen LogP contribution in [0.1, 0.15) is 12.0 Å². The van der Waals surface area contributed by atoms with E-state index < -0.39 is 0 Å². The molecule has 1 N–H and O–H groups in total. The molecular formula is C19H17ClN2O2S. The van der Waals surface area contributed by atoms with Crippen molar-refractivity contribution in [1.82, 2.24) is 4.98 Å². The second-order valence-electron chi connectivity index (χ2n) is 5.42. The number of amides is 1. The number of anilines is 1. The maximum atomic E-state index is 12.1. The number of aromatic nitrogens is 1. The van der Waals surface area contributed by atoms with Gasteiger partial charge in [-0.15, -0.1) is 11.3 Å². The molecule has 0 unspecified atom stereocenters. The van der Waals surface area contributed by atoms with Gasteiger partial charge in [0.2, 0.25) is 5.91 Å². The molecule has 1 heterocycles. The zero-order valence-corrected chi connectivity index (χ0v) is 15.2. The summed E-state index contributed by atoms with van der Waals surface area (Å²) < 4.78 is 5.35.